The zero-order chi connectivity index (χ0) is 15.9. The van der Waals surface area contributed by atoms with E-state index in [0.717, 1.165) is 39.1 Å². The maximum Gasteiger partial charge on any atom is 0.273 e. The SMILES string of the molecule is COCCN1CCC(CNC(=O)c2ncoc2C(C)C)CC1. The van der Waals surface area contributed by atoms with Crippen LogP contribution in [0.3, 0.4) is 0 Å². The lowest BCUT2D eigenvalue weighted by molar-refractivity contribution is 0.0919. The number of methoxy groups -OCH3 is 1. The van der Waals surface area contributed by atoms with Crippen LogP contribution in [-0.2, 0) is 4.74 Å². The number of carbonyl (C=O) groups is 1. The van der Waals surface area contributed by atoms with Crippen molar-refractivity contribution in [2.24, 2.45) is 5.92 Å². The molecule has 1 amide bonds. The first-order chi connectivity index (χ1) is 10.6. The number of carbonyl (C=O) groups excluding carboxylic acids is 1. The Morgan fingerprint density at radius 2 is 2.23 bits per heavy atom. The summed E-state index contributed by atoms with van der Waals surface area (Å²) < 4.78 is 10.4. The number of likely N-dealkylation sites (tertiary alicyclic amines) is 1. The minimum absolute atomic E-state index is 0.126. The van der Waals surface area contributed by atoms with Gasteiger partial charge in [0.2, 0.25) is 0 Å². The Kier molecular flexibility index (Phi) is 6.39. The zero-order valence-electron chi connectivity index (χ0n) is 13.8. The predicted octanol–water partition coefficient (Wildman–Crippen LogP) is 1.89. The second kappa shape index (κ2) is 8.29. The third-order valence-electron chi connectivity index (χ3n) is 4.20. The summed E-state index contributed by atoms with van der Waals surface area (Å²) in [5, 5.41) is 3.00. The summed E-state index contributed by atoms with van der Waals surface area (Å²) in [5.41, 5.74) is 0.424. The molecule has 0 bridgehead atoms. The Morgan fingerprint density at radius 3 is 2.86 bits per heavy atom. The topological polar surface area (TPSA) is 67.6 Å². The van der Waals surface area contributed by atoms with E-state index in [4.69, 9.17) is 9.15 Å². The van der Waals surface area contributed by atoms with Gasteiger partial charge in [-0.2, -0.15) is 0 Å². The highest BCUT2D eigenvalue weighted by molar-refractivity contribution is 5.93. The molecule has 2 rings (SSSR count). The zero-order valence-corrected chi connectivity index (χ0v) is 13.8. The number of ether oxygens (including phenoxy) is 1. The van der Waals surface area contributed by atoms with E-state index >= 15 is 0 Å². The van der Waals surface area contributed by atoms with Crippen molar-refractivity contribution < 1.29 is 13.9 Å². The Bertz CT molecular complexity index is 465. The van der Waals surface area contributed by atoms with Gasteiger partial charge in [-0.15, -0.1) is 0 Å². The number of hydrogen-bond acceptors (Lipinski definition) is 5. The molecular formula is C16H27N3O3. The van der Waals surface area contributed by atoms with Crippen LogP contribution in [0.1, 0.15) is 48.9 Å². The molecule has 0 radical (unpaired) electrons. The summed E-state index contributed by atoms with van der Waals surface area (Å²) in [4.78, 5) is 18.7. The van der Waals surface area contributed by atoms with E-state index in [-0.39, 0.29) is 11.8 Å². The molecule has 22 heavy (non-hydrogen) atoms. The fourth-order valence-corrected chi connectivity index (χ4v) is 2.79. The molecule has 1 aromatic rings. The molecule has 1 N–H and O–H groups in total. The molecule has 0 unspecified atom stereocenters. The summed E-state index contributed by atoms with van der Waals surface area (Å²) in [5.74, 6) is 1.23. The van der Waals surface area contributed by atoms with Crippen molar-refractivity contribution in [1.82, 2.24) is 15.2 Å². The number of amides is 1. The molecule has 0 saturated carbocycles. The molecule has 1 fully saturated rings. The minimum atomic E-state index is -0.126. The van der Waals surface area contributed by atoms with Crippen LogP contribution >= 0.6 is 0 Å². The summed E-state index contributed by atoms with van der Waals surface area (Å²) in [6.45, 7) is 8.62. The summed E-state index contributed by atoms with van der Waals surface area (Å²) in [7, 11) is 1.73. The first kappa shape index (κ1) is 17.0. The van der Waals surface area contributed by atoms with Crippen LogP contribution in [0, 0.1) is 5.92 Å². The van der Waals surface area contributed by atoms with E-state index < -0.39 is 0 Å². The Hall–Kier alpha value is -1.40. The smallest absolute Gasteiger partial charge is 0.273 e. The van der Waals surface area contributed by atoms with Gasteiger partial charge in [-0.1, -0.05) is 13.8 Å². The molecule has 2 heterocycles. The lowest BCUT2D eigenvalue weighted by Gasteiger charge is -2.31. The van der Waals surface area contributed by atoms with Gasteiger partial charge in [-0.05, 0) is 31.8 Å². The molecule has 6 heteroatoms. The van der Waals surface area contributed by atoms with Gasteiger partial charge in [0.15, 0.2) is 12.1 Å². The maximum absolute atomic E-state index is 12.2. The average molecular weight is 309 g/mol. The number of oxazole rings is 1. The predicted molar refractivity (Wildman–Crippen MR) is 84.0 cm³/mol. The van der Waals surface area contributed by atoms with E-state index in [1.807, 2.05) is 13.8 Å². The Morgan fingerprint density at radius 1 is 1.50 bits per heavy atom. The normalized spacial score (nSPS) is 17.1. The van der Waals surface area contributed by atoms with Gasteiger partial charge in [0, 0.05) is 26.1 Å². The second-order valence-electron chi connectivity index (χ2n) is 6.21. The molecule has 124 valence electrons. The lowest BCUT2D eigenvalue weighted by Crippen LogP contribution is -2.40. The fraction of sp³-hybridized carbons (Fsp3) is 0.750. The Balaban J connectivity index is 1.74. The first-order valence-electron chi connectivity index (χ1n) is 8.04. The average Bonchev–Trinajstić information content (AvgIpc) is 3.01. The monoisotopic (exact) mass is 309 g/mol. The highest BCUT2D eigenvalue weighted by atomic mass is 16.5. The van der Waals surface area contributed by atoms with Crippen LogP contribution in [0.4, 0.5) is 0 Å². The van der Waals surface area contributed by atoms with E-state index in [9.17, 15) is 4.79 Å². The van der Waals surface area contributed by atoms with E-state index in [2.05, 4.69) is 15.2 Å². The Labute approximate surface area is 132 Å². The second-order valence-corrected chi connectivity index (χ2v) is 6.21. The van der Waals surface area contributed by atoms with Crippen LogP contribution in [0.5, 0.6) is 0 Å². The largest absolute Gasteiger partial charge is 0.447 e. The number of nitrogens with one attached hydrogen (secondary N) is 1. The first-order valence-corrected chi connectivity index (χ1v) is 8.04. The summed E-state index contributed by atoms with van der Waals surface area (Å²) >= 11 is 0. The van der Waals surface area contributed by atoms with Crippen LogP contribution in [0.25, 0.3) is 0 Å². The highest BCUT2D eigenvalue weighted by Crippen LogP contribution is 2.19. The molecule has 1 saturated heterocycles. The molecule has 0 aromatic carbocycles. The number of piperidine rings is 1. The van der Waals surface area contributed by atoms with Gasteiger partial charge in [-0.25, -0.2) is 4.98 Å². The number of hydrogen-bond donors (Lipinski definition) is 1. The van der Waals surface area contributed by atoms with Crippen LogP contribution in [0.2, 0.25) is 0 Å². The van der Waals surface area contributed by atoms with E-state index in [1.165, 1.54) is 6.39 Å². The summed E-state index contributed by atoms with van der Waals surface area (Å²) in [6.07, 6.45) is 3.57. The quantitative estimate of drug-likeness (QED) is 0.833. The molecular weight excluding hydrogens is 282 g/mol. The molecule has 1 aliphatic rings. The van der Waals surface area contributed by atoms with E-state index in [1.54, 1.807) is 7.11 Å². The van der Waals surface area contributed by atoms with Gasteiger partial charge in [0.1, 0.15) is 5.76 Å². The van der Waals surface area contributed by atoms with Crippen molar-refractivity contribution in [3.8, 4) is 0 Å². The van der Waals surface area contributed by atoms with Crippen molar-refractivity contribution in [2.45, 2.75) is 32.6 Å². The standard InChI is InChI=1S/C16H27N3O3/c1-12(2)15-14(18-11-22-15)16(20)17-10-13-4-6-19(7-5-13)8-9-21-3/h11-13H,4-10H2,1-3H3,(H,17,20). The molecule has 0 spiro atoms. The number of rotatable bonds is 7. The van der Waals surface area contributed by atoms with Gasteiger partial charge in [0.25, 0.3) is 5.91 Å². The number of nitrogens with zero attached hydrogens (tertiary/aromatic N) is 2. The van der Waals surface area contributed by atoms with Crippen LogP contribution in [0.15, 0.2) is 10.8 Å². The van der Waals surface area contributed by atoms with Crippen LogP contribution in [-0.4, -0.2) is 55.7 Å². The number of aromatic nitrogens is 1. The maximum atomic E-state index is 12.2. The minimum Gasteiger partial charge on any atom is -0.447 e. The van der Waals surface area contributed by atoms with Gasteiger partial charge < -0.3 is 19.4 Å². The molecule has 6 nitrogen and oxygen atoms in total. The third kappa shape index (κ3) is 4.55. The summed E-state index contributed by atoms with van der Waals surface area (Å²) in [6, 6.07) is 0. The molecule has 0 atom stereocenters. The van der Waals surface area contributed by atoms with Gasteiger partial charge in [0.05, 0.1) is 6.61 Å². The van der Waals surface area contributed by atoms with Gasteiger partial charge >= 0.3 is 0 Å². The lowest BCUT2D eigenvalue weighted by atomic mass is 9.96. The fourth-order valence-electron chi connectivity index (χ4n) is 2.79. The molecule has 0 aliphatic carbocycles. The van der Waals surface area contributed by atoms with Crippen molar-refractivity contribution in [1.29, 1.82) is 0 Å². The third-order valence-corrected chi connectivity index (χ3v) is 4.20. The van der Waals surface area contributed by atoms with Crippen molar-refractivity contribution in [3.05, 3.63) is 17.8 Å². The van der Waals surface area contributed by atoms with Crippen molar-refractivity contribution >= 4 is 5.91 Å². The molecule has 1 aliphatic heterocycles. The molecule has 1 aromatic heterocycles. The van der Waals surface area contributed by atoms with Crippen molar-refractivity contribution in [2.75, 3.05) is 39.9 Å². The highest BCUT2D eigenvalue weighted by Gasteiger charge is 2.22. The van der Waals surface area contributed by atoms with Crippen LogP contribution < -0.4 is 5.32 Å². The van der Waals surface area contributed by atoms with E-state index in [0.29, 0.717) is 23.9 Å². The van der Waals surface area contributed by atoms with Crippen molar-refractivity contribution in [3.63, 3.8) is 0 Å². The van der Waals surface area contributed by atoms with Gasteiger partial charge in [-0.3, -0.25) is 4.79 Å².